The second-order valence-electron chi connectivity index (χ2n) is 5.65. The fraction of sp³-hybridized carbons (Fsp3) is 0.533. The van der Waals surface area contributed by atoms with Crippen LogP contribution in [0.5, 0.6) is 0 Å². The summed E-state index contributed by atoms with van der Waals surface area (Å²) in [5.41, 5.74) is -0.358. The highest BCUT2D eigenvalue weighted by Gasteiger charge is 2.35. The minimum atomic E-state index is -0.580. The fourth-order valence-corrected chi connectivity index (χ4v) is 3.57. The number of halogens is 3. The topological polar surface area (TPSA) is 29.1 Å². The van der Waals surface area contributed by atoms with Gasteiger partial charge in [0.25, 0.3) is 5.91 Å². The molecule has 0 bridgehead atoms. The summed E-state index contributed by atoms with van der Waals surface area (Å²) in [6.45, 7) is 2.22. The lowest BCUT2D eigenvalue weighted by atomic mass is 9.78. The van der Waals surface area contributed by atoms with Gasteiger partial charge < -0.3 is 5.32 Å². The molecule has 0 saturated heterocycles. The molecule has 0 heterocycles. The molecule has 2 nitrogen and oxygen atoms in total. The first-order chi connectivity index (χ1) is 9.47. The van der Waals surface area contributed by atoms with E-state index in [9.17, 15) is 9.18 Å². The Morgan fingerprint density at radius 3 is 2.70 bits per heavy atom. The van der Waals surface area contributed by atoms with Crippen molar-refractivity contribution in [3.63, 3.8) is 0 Å². The van der Waals surface area contributed by atoms with Gasteiger partial charge in [0, 0.05) is 5.33 Å². The number of amides is 1. The third-order valence-electron chi connectivity index (χ3n) is 4.06. The van der Waals surface area contributed by atoms with Gasteiger partial charge in [0.05, 0.1) is 16.1 Å². The number of nitrogens with one attached hydrogen (secondary N) is 1. The lowest BCUT2D eigenvalue weighted by Crippen LogP contribution is -2.52. The predicted molar refractivity (Wildman–Crippen MR) is 83.0 cm³/mol. The van der Waals surface area contributed by atoms with Crippen LogP contribution in [0.1, 0.15) is 43.0 Å². The maximum atomic E-state index is 13.8. The van der Waals surface area contributed by atoms with Gasteiger partial charge in [-0.05, 0) is 43.7 Å². The van der Waals surface area contributed by atoms with Crippen molar-refractivity contribution in [3.05, 3.63) is 34.6 Å². The van der Waals surface area contributed by atoms with Crippen molar-refractivity contribution in [1.82, 2.24) is 5.32 Å². The van der Waals surface area contributed by atoms with Gasteiger partial charge in [-0.2, -0.15) is 0 Å². The van der Waals surface area contributed by atoms with Crippen molar-refractivity contribution in [3.8, 4) is 0 Å². The highest BCUT2D eigenvalue weighted by molar-refractivity contribution is 9.09. The number of hydrogen-bond donors (Lipinski definition) is 1. The molecule has 0 spiro atoms. The number of hydrogen-bond acceptors (Lipinski definition) is 1. The molecule has 2 rings (SSSR count). The summed E-state index contributed by atoms with van der Waals surface area (Å²) in [5.74, 6) is -0.331. The van der Waals surface area contributed by atoms with Crippen LogP contribution in [0.15, 0.2) is 18.2 Å². The maximum Gasteiger partial charge on any atom is 0.256 e. The van der Waals surface area contributed by atoms with Gasteiger partial charge in [0.2, 0.25) is 0 Å². The van der Waals surface area contributed by atoms with Crippen LogP contribution >= 0.6 is 27.5 Å². The Labute approximate surface area is 132 Å². The largest absolute Gasteiger partial charge is 0.346 e. The lowest BCUT2D eigenvalue weighted by Gasteiger charge is -2.39. The standard InChI is InChI=1S/C15H18BrClFNO/c1-10-5-7-15(9-16,8-6-10)19-14(20)13-11(17)3-2-4-12(13)18/h2-4,10H,5-9H2,1H3,(H,19,20). The molecule has 1 aliphatic rings. The van der Waals surface area contributed by atoms with Crippen LogP contribution in [0.2, 0.25) is 5.02 Å². The Hall–Kier alpha value is -0.610. The molecule has 110 valence electrons. The number of alkyl halides is 1. The van der Waals surface area contributed by atoms with Crippen molar-refractivity contribution in [2.45, 2.75) is 38.1 Å². The van der Waals surface area contributed by atoms with Crippen LogP contribution in [-0.4, -0.2) is 16.8 Å². The molecular formula is C15H18BrClFNO. The molecule has 1 N–H and O–H groups in total. The SMILES string of the molecule is CC1CCC(CBr)(NC(=O)c2c(F)cccc2Cl)CC1. The second-order valence-corrected chi connectivity index (χ2v) is 6.62. The average molecular weight is 363 g/mol. The van der Waals surface area contributed by atoms with E-state index in [-0.39, 0.29) is 16.1 Å². The van der Waals surface area contributed by atoms with Gasteiger partial charge in [-0.1, -0.05) is 40.5 Å². The minimum absolute atomic E-state index is 0.0619. The van der Waals surface area contributed by atoms with Crippen LogP contribution < -0.4 is 5.32 Å². The first kappa shape index (κ1) is 15.8. The molecule has 20 heavy (non-hydrogen) atoms. The molecule has 0 unspecified atom stereocenters. The normalized spacial score (nSPS) is 26.3. The zero-order valence-electron chi connectivity index (χ0n) is 11.4. The molecule has 0 aliphatic heterocycles. The Bertz CT molecular complexity index is 480. The number of carbonyl (C=O) groups excluding carboxylic acids is 1. The number of benzene rings is 1. The third kappa shape index (κ3) is 3.34. The van der Waals surface area contributed by atoms with Gasteiger partial charge in [0.1, 0.15) is 5.82 Å². The number of rotatable bonds is 3. The summed E-state index contributed by atoms with van der Waals surface area (Å²) >= 11 is 9.43. The Morgan fingerprint density at radius 1 is 1.50 bits per heavy atom. The van der Waals surface area contributed by atoms with E-state index in [0.29, 0.717) is 11.2 Å². The van der Waals surface area contributed by atoms with Crippen molar-refractivity contribution < 1.29 is 9.18 Å². The third-order valence-corrected chi connectivity index (χ3v) is 5.44. The fourth-order valence-electron chi connectivity index (χ4n) is 2.62. The van der Waals surface area contributed by atoms with Gasteiger partial charge in [-0.3, -0.25) is 4.79 Å². The van der Waals surface area contributed by atoms with Crippen LogP contribution in [-0.2, 0) is 0 Å². The average Bonchev–Trinajstić information content (AvgIpc) is 2.41. The van der Waals surface area contributed by atoms with E-state index in [1.54, 1.807) is 0 Å². The van der Waals surface area contributed by atoms with E-state index in [1.807, 2.05) is 0 Å². The molecule has 1 amide bonds. The minimum Gasteiger partial charge on any atom is -0.346 e. The maximum absolute atomic E-state index is 13.8. The van der Waals surface area contributed by atoms with Gasteiger partial charge >= 0.3 is 0 Å². The van der Waals surface area contributed by atoms with E-state index in [1.165, 1.54) is 18.2 Å². The van der Waals surface area contributed by atoms with Gasteiger partial charge in [-0.25, -0.2) is 4.39 Å². The molecule has 0 aromatic heterocycles. The van der Waals surface area contributed by atoms with Crippen molar-refractivity contribution in [2.75, 3.05) is 5.33 Å². The summed E-state index contributed by atoms with van der Waals surface area (Å²) in [5, 5.41) is 3.81. The van der Waals surface area contributed by atoms with Crippen LogP contribution in [0.25, 0.3) is 0 Å². The molecule has 5 heteroatoms. The van der Waals surface area contributed by atoms with Crippen molar-refractivity contribution >= 4 is 33.4 Å². The molecule has 1 fully saturated rings. The van der Waals surface area contributed by atoms with E-state index in [0.717, 1.165) is 25.7 Å². The summed E-state index contributed by atoms with van der Waals surface area (Å²) in [4.78, 5) is 12.3. The van der Waals surface area contributed by atoms with Crippen LogP contribution in [0, 0.1) is 11.7 Å². The smallest absolute Gasteiger partial charge is 0.256 e. The lowest BCUT2D eigenvalue weighted by molar-refractivity contribution is 0.0870. The zero-order chi connectivity index (χ0) is 14.8. The van der Waals surface area contributed by atoms with Gasteiger partial charge in [0.15, 0.2) is 0 Å². The summed E-state index contributed by atoms with van der Waals surface area (Å²) in [6.07, 6.45) is 3.93. The highest BCUT2D eigenvalue weighted by atomic mass is 79.9. The highest BCUT2D eigenvalue weighted by Crippen LogP contribution is 2.34. The zero-order valence-corrected chi connectivity index (χ0v) is 13.7. The van der Waals surface area contributed by atoms with E-state index >= 15 is 0 Å². The molecule has 1 aromatic carbocycles. The molecule has 1 aliphatic carbocycles. The second kappa shape index (κ2) is 6.44. The van der Waals surface area contributed by atoms with E-state index in [2.05, 4.69) is 28.2 Å². The summed E-state index contributed by atoms with van der Waals surface area (Å²) < 4.78 is 13.8. The van der Waals surface area contributed by atoms with E-state index < -0.39 is 11.7 Å². The number of carbonyl (C=O) groups is 1. The first-order valence-electron chi connectivity index (χ1n) is 6.80. The molecular weight excluding hydrogens is 345 g/mol. The van der Waals surface area contributed by atoms with Crippen LogP contribution in [0.3, 0.4) is 0 Å². The molecule has 0 atom stereocenters. The Morgan fingerprint density at radius 2 is 2.15 bits per heavy atom. The molecule has 1 aromatic rings. The quantitative estimate of drug-likeness (QED) is 0.785. The molecule has 1 saturated carbocycles. The van der Waals surface area contributed by atoms with Crippen molar-refractivity contribution in [2.24, 2.45) is 5.92 Å². The van der Waals surface area contributed by atoms with E-state index in [4.69, 9.17) is 11.6 Å². The van der Waals surface area contributed by atoms with Gasteiger partial charge in [-0.15, -0.1) is 0 Å². The predicted octanol–water partition coefficient (Wildman–Crippen LogP) is 4.55. The Kier molecular flexibility index (Phi) is 5.08. The summed E-state index contributed by atoms with van der Waals surface area (Å²) in [7, 11) is 0. The van der Waals surface area contributed by atoms with Crippen LogP contribution in [0.4, 0.5) is 4.39 Å². The summed E-state index contributed by atoms with van der Waals surface area (Å²) in [6, 6.07) is 4.28. The molecule has 0 radical (unpaired) electrons. The Balaban J connectivity index is 2.18. The monoisotopic (exact) mass is 361 g/mol. The van der Waals surface area contributed by atoms with Crippen molar-refractivity contribution in [1.29, 1.82) is 0 Å². The first-order valence-corrected chi connectivity index (χ1v) is 8.30.